The number of fused-ring (bicyclic) bond motifs is 1. The van der Waals surface area contributed by atoms with Crippen LogP contribution < -0.4 is 15.0 Å². The number of rotatable bonds is 7. The number of nitrogens with zero attached hydrogens (tertiary/aromatic N) is 2. The number of amides is 2. The van der Waals surface area contributed by atoms with Gasteiger partial charge in [0.15, 0.2) is 0 Å². The van der Waals surface area contributed by atoms with Crippen LogP contribution in [0.15, 0.2) is 52.3 Å². The van der Waals surface area contributed by atoms with Gasteiger partial charge in [0.2, 0.25) is 21.8 Å². The normalized spacial score (nSPS) is 19.1. The van der Waals surface area contributed by atoms with E-state index >= 15 is 0 Å². The Kier molecular flexibility index (Phi) is 8.03. The van der Waals surface area contributed by atoms with Crippen LogP contribution in [0, 0.1) is 0 Å². The summed E-state index contributed by atoms with van der Waals surface area (Å²) in [6.45, 7) is 3.09. The zero-order chi connectivity index (χ0) is 25.0. The Balaban J connectivity index is 1.55. The first kappa shape index (κ1) is 25.5. The van der Waals surface area contributed by atoms with Gasteiger partial charge in [-0.05, 0) is 48.7 Å². The summed E-state index contributed by atoms with van der Waals surface area (Å²) in [4.78, 5) is 28.3. The van der Waals surface area contributed by atoms with E-state index in [0.717, 1.165) is 35.5 Å². The number of anilines is 1. The highest BCUT2D eigenvalue weighted by Crippen LogP contribution is 2.39. The lowest BCUT2D eigenvalue weighted by atomic mass is 10.2. The van der Waals surface area contributed by atoms with Gasteiger partial charge in [0.1, 0.15) is 12.3 Å². The van der Waals surface area contributed by atoms with E-state index in [1.807, 2.05) is 31.2 Å². The van der Waals surface area contributed by atoms with Crippen molar-refractivity contribution in [2.45, 2.75) is 54.2 Å². The molecule has 2 aliphatic rings. The van der Waals surface area contributed by atoms with Crippen molar-refractivity contribution < 1.29 is 22.7 Å². The summed E-state index contributed by atoms with van der Waals surface area (Å²) in [7, 11) is -2.07. The van der Waals surface area contributed by atoms with E-state index in [9.17, 15) is 18.0 Å². The molecule has 1 saturated heterocycles. The SMILES string of the molecule is COc1ccc(CNC(=O)CN2C(=O)C[C@H](C)Sc3ccc(S(=O)(=O)N4CCCCC4)cc32)cc1. The molecule has 1 atom stereocenters. The lowest BCUT2D eigenvalue weighted by Gasteiger charge is -2.27. The zero-order valence-corrected chi connectivity index (χ0v) is 21.7. The molecule has 10 heteroatoms. The standard InChI is InChI=1S/C25H31N3O5S2/c1-18-14-25(30)28(17-24(29)26-16-19-6-8-20(33-2)9-7-19)22-15-21(10-11-23(22)34-18)35(31,32)27-12-4-3-5-13-27/h6-11,15,18H,3-5,12-14,16-17H2,1-2H3,(H,26,29)/t18-/m0/s1. The van der Waals surface area contributed by atoms with Crippen LogP contribution >= 0.6 is 11.8 Å². The lowest BCUT2D eigenvalue weighted by molar-refractivity contribution is -0.123. The highest BCUT2D eigenvalue weighted by atomic mass is 32.2. The van der Waals surface area contributed by atoms with E-state index in [1.165, 1.54) is 21.0 Å². The Morgan fingerprint density at radius 2 is 1.83 bits per heavy atom. The number of carbonyl (C=O) groups is 2. The molecule has 188 valence electrons. The molecule has 0 saturated carbocycles. The summed E-state index contributed by atoms with van der Waals surface area (Å²) in [5, 5.41) is 2.87. The van der Waals surface area contributed by atoms with Gasteiger partial charge in [-0.25, -0.2) is 8.42 Å². The van der Waals surface area contributed by atoms with Gasteiger partial charge < -0.3 is 15.0 Å². The summed E-state index contributed by atoms with van der Waals surface area (Å²) < 4.78 is 33.2. The smallest absolute Gasteiger partial charge is 0.243 e. The largest absolute Gasteiger partial charge is 0.497 e. The summed E-state index contributed by atoms with van der Waals surface area (Å²) in [6.07, 6.45) is 2.98. The number of sulfonamides is 1. The average molecular weight is 518 g/mol. The third-order valence-electron chi connectivity index (χ3n) is 6.22. The highest BCUT2D eigenvalue weighted by Gasteiger charge is 2.31. The third-order valence-corrected chi connectivity index (χ3v) is 9.28. The van der Waals surface area contributed by atoms with Gasteiger partial charge in [-0.1, -0.05) is 25.5 Å². The van der Waals surface area contributed by atoms with Gasteiger partial charge >= 0.3 is 0 Å². The summed E-state index contributed by atoms with van der Waals surface area (Å²) in [5.41, 5.74) is 1.38. The molecular weight excluding hydrogens is 486 g/mol. The second kappa shape index (κ2) is 11.0. The topological polar surface area (TPSA) is 96.0 Å². The van der Waals surface area contributed by atoms with Crippen molar-refractivity contribution in [2.75, 3.05) is 31.6 Å². The van der Waals surface area contributed by atoms with Gasteiger partial charge in [-0.3, -0.25) is 9.59 Å². The first-order valence-electron chi connectivity index (χ1n) is 11.8. The summed E-state index contributed by atoms with van der Waals surface area (Å²) in [6, 6.07) is 12.3. The Hall–Kier alpha value is -2.56. The second-order valence-corrected chi connectivity index (χ2v) is 12.2. The van der Waals surface area contributed by atoms with Crippen molar-refractivity contribution in [2.24, 2.45) is 0 Å². The fourth-order valence-electron chi connectivity index (χ4n) is 4.29. The van der Waals surface area contributed by atoms with Crippen molar-refractivity contribution >= 4 is 39.3 Å². The minimum Gasteiger partial charge on any atom is -0.497 e. The maximum atomic E-state index is 13.3. The Labute approximate surface area is 211 Å². The number of benzene rings is 2. The van der Waals surface area contributed by atoms with Crippen LogP contribution in [0.25, 0.3) is 0 Å². The number of piperidine rings is 1. The number of methoxy groups -OCH3 is 1. The minimum atomic E-state index is -3.67. The minimum absolute atomic E-state index is 0.0122. The van der Waals surface area contributed by atoms with Crippen molar-refractivity contribution in [1.82, 2.24) is 9.62 Å². The maximum absolute atomic E-state index is 13.3. The molecule has 0 radical (unpaired) electrons. The number of carbonyl (C=O) groups excluding carboxylic acids is 2. The van der Waals surface area contributed by atoms with Gasteiger partial charge in [0, 0.05) is 36.2 Å². The van der Waals surface area contributed by atoms with Crippen molar-refractivity contribution in [1.29, 1.82) is 0 Å². The number of thioether (sulfide) groups is 1. The molecule has 2 amide bonds. The van der Waals surface area contributed by atoms with E-state index in [-0.39, 0.29) is 34.9 Å². The summed E-state index contributed by atoms with van der Waals surface area (Å²) in [5.74, 6) is 0.216. The predicted octanol–water partition coefficient (Wildman–Crippen LogP) is 3.40. The number of hydrogen-bond acceptors (Lipinski definition) is 6. The molecule has 4 rings (SSSR count). The van der Waals surface area contributed by atoms with Crippen molar-refractivity contribution in [3.05, 3.63) is 48.0 Å². The van der Waals surface area contributed by atoms with Crippen LogP contribution in [0.1, 0.15) is 38.2 Å². The maximum Gasteiger partial charge on any atom is 0.243 e. The van der Waals surface area contributed by atoms with Gasteiger partial charge in [0.25, 0.3) is 0 Å². The Morgan fingerprint density at radius 1 is 1.11 bits per heavy atom. The van der Waals surface area contributed by atoms with E-state index in [1.54, 1.807) is 25.3 Å². The third kappa shape index (κ3) is 5.99. The molecule has 0 aromatic heterocycles. The molecule has 2 heterocycles. The molecule has 2 aromatic carbocycles. The van der Waals surface area contributed by atoms with E-state index < -0.39 is 10.0 Å². The molecule has 2 aliphatic heterocycles. The molecule has 0 spiro atoms. The number of ether oxygens (including phenoxy) is 1. The lowest BCUT2D eigenvalue weighted by Crippen LogP contribution is -2.41. The molecule has 1 N–H and O–H groups in total. The molecule has 2 aromatic rings. The number of hydrogen-bond donors (Lipinski definition) is 1. The van der Waals surface area contributed by atoms with Gasteiger partial charge in [-0.2, -0.15) is 4.31 Å². The van der Waals surface area contributed by atoms with Gasteiger partial charge in [-0.15, -0.1) is 11.8 Å². The molecule has 0 bridgehead atoms. The predicted molar refractivity (Wildman–Crippen MR) is 136 cm³/mol. The first-order chi connectivity index (χ1) is 16.8. The number of nitrogens with one attached hydrogen (secondary N) is 1. The van der Waals surface area contributed by atoms with Gasteiger partial charge in [0.05, 0.1) is 17.7 Å². The van der Waals surface area contributed by atoms with Crippen molar-refractivity contribution in [3.8, 4) is 5.75 Å². The molecule has 35 heavy (non-hydrogen) atoms. The molecule has 0 unspecified atom stereocenters. The van der Waals surface area contributed by atoms with Crippen LogP contribution in [0.5, 0.6) is 5.75 Å². The molecular formula is C25H31N3O5S2. The van der Waals surface area contributed by atoms with Crippen LogP contribution in [0.2, 0.25) is 0 Å². The quantitative estimate of drug-likeness (QED) is 0.605. The van der Waals surface area contributed by atoms with Crippen LogP contribution in [-0.4, -0.2) is 56.5 Å². The van der Waals surface area contributed by atoms with Crippen LogP contribution in [0.3, 0.4) is 0 Å². The fourth-order valence-corrected chi connectivity index (χ4v) is 6.92. The summed E-state index contributed by atoms with van der Waals surface area (Å²) >= 11 is 1.52. The molecule has 1 fully saturated rings. The van der Waals surface area contributed by atoms with Crippen LogP contribution in [-0.2, 0) is 26.2 Å². The first-order valence-corrected chi connectivity index (χ1v) is 14.1. The van der Waals surface area contributed by atoms with E-state index in [0.29, 0.717) is 25.3 Å². The zero-order valence-electron chi connectivity index (χ0n) is 20.0. The average Bonchev–Trinajstić information content (AvgIpc) is 2.98. The Bertz CT molecular complexity index is 1180. The molecule has 0 aliphatic carbocycles. The molecule has 8 nitrogen and oxygen atoms in total. The van der Waals surface area contributed by atoms with E-state index in [4.69, 9.17) is 4.74 Å². The van der Waals surface area contributed by atoms with Crippen LogP contribution in [0.4, 0.5) is 5.69 Å². The Morgan fingerprint density at radius 3 is 2.51 bits per heavy atom. The second-order valence-electron chi connectivity index (χ2n) is 8.83. The van der Waals surface area contributed by atoms with Crippen molar-refractivity contribution in [3.63, 3.8) is 0 Å². The monoisotopic (exact) mass is 517 g/mol. The fraction of sp³-hybridized carbons (Fsp3) is 0.440. The van der Waals surface area contributed by atoms with E-state index in [2.05, 4.69) is 5.32 Å². The highest BCUT2D eigenvalue weighted by molar-refractivity contribution is 8.00.